The Kier molecular flexibility index (Phi) is 5.81. The smallest absolute Gasteiger partial charge is 0.132 e. The van der Waals surface area contributed by atoms with Crippen LogP contribution in [0.2, 0.25) is 5.02 Å². The van der Waals surface area contributed by atoms with Gasteiger partial charge in [-0.05, 0) is 31.0 Å². The summed E-state index contributed by atoms with van der Waals surface area (Å²) in [6.45, 7) is 5.79. The Bertz CT molecular complexity index is 569. The molecule has 0 amide bonds. The molecule has 112 valence electrons. The maximum Gasteiger partial charge on any atom is 0.132 e. The molecule has 1 heterocycles. The van der Waals surface area contributed by atoms with Gasteiger partial charge in [-0.2, -0.15) is 0 Å². The molecule has 4 nitrogen and oxygen atoms in total. The normalized spacial score (nSPS) is 10.4. The topological polar surface area (TPSA) is 49.8 Å². The summed E-state index contributed by atoms with van der Waals surface area (Å²) in [7, 11) is 0. The fourth-order valence-corrected chi connectivity index (χ4v) is 2.13. The molecule has 2 N–H and O–H groups in total. The van der Waals surface area contributed by atoms with Gasteiger partial charge in [0.2, 0.25) is 0 Å². The highest BCUT2D eigenvalue weighted by Gasteiger charge is 2.03. The second-order valence-electron chi connectivity index (χ2n) is 4.74. The maximum absolute atomic E-state index is 5.88. The monoisotopic (exact) mass is 304 g/mol. The van der Waals surface area contributed by atoms with Crippen molar-refractivity contribution < 1.29 is 0 Å². The number of benzene rings is 1. The Balaban J connectivity index is 1.95. The predicted molar refractivity (Wildman–Crippen MR) is 89.2 cm³/mol. The molecular formula is C16H21ClN4. The van der Waals surface area contributed by atoms with Crippen LogP contribution in [-0.4, -0.2) is 23.1 Å². The number of aromatic nitrogens is 2. The third-order valence-electron chi connectivity index (χ3n) is 3.08. The van der Waals surface area contributed by atoms with Crippen LogP contribution >= 0.6 is 11.6 Å². The van der Waals surface area contributed by atoms with Gasteiger partial charge in [0.15, 0.2) is 0 Å². The number of nitrogens with zero attached hydrogens (tertiary/aromatic N) is 2. The van der Waals surface area contributed by atoms with Gasteiger partial charge < -0.3 is 10.6 Å². The Hall–Kier alpha value is -1.81. The van der Waals surface area contributed by atoms with E-state index in [0.29, 0.717) is 0 Å². The average Bonchev–Trinajstić information content (AvgIpc) is 2.49. The number of rotatable bonds is 7. The average molecular weight is 305 g/mol. The quantitative estimate of drug-likeness (QED) is 0.817. The molecule has 0 saturated heterocycles. The van der Waals surface area contributed by atoms with Gasteiger partial charge in [-0.25, -0.2) is 9.97 Å². The molecule has 2 aromatic rings. The summed E-state index contributed by atoms with van der Waals surface area (Å²) in [5.41, 5.74) is 1.25. The second kappa shape index (κ2) is 7.84. The maximum atomic E-state index is 5.88. The predicted octanol–water partition coefficient (Wildman–Crippen LogP) is 3.78. The van der Waals surface area contributed by atoms with Gasteiger partial charge in [0.05, 0.1) is 0 Å². The number of nitrogens with one attached hydrogen (secondary N) is 2. The van der Waals surface area contributed by atoms with Crippen molar-refractivity contribution in [2.24, 2.45) is 0 Å². The van der Waals surface area contributed by atoms with Crippen LogP contribution in [0.4, 0.5) is 11.6 Å². The molecule has 0 saturated carbocycles. The number of hydrogen-bond acceptors (Lipinski definition) is 4. The molecule has 0 bridgehead atoms. The fraction of sp³-hybridized carbons (Fsp3) is 0.375. The van der Waals surface area contributed by atoms with Gasteiger partial charge in [-0.1, -0.05) is 30.7 Å². The molecule has 2 rings (SSSR count). The van der Waals surface area contributed by atoms with Crippen molar-refractivity contribution in [3.05, 3.63) is 46.7 Å². The molecule has 0 atom stereocenters. The minimum Gasteiger partial charge on any atom is -0.370 e. The van der Waals surface area contributed by atoms with E-state index in [0.717, 1.165) is 48.4 Å². The lowest BCUT2D eigenvalue weighted by Crippen LogP contribution is -2.10. The van der Waals surface area contributed by atoms with Crippen molar-refractivity contribution in [3.8, 4) is 0 Å². The van der Waals surface area contributed by atoms with E-state index >= 15 is 0 Å². The van der Waals surface area contributed by atoms with E-state index in [4.69, 9.17) is 11.6 Å². The first-order valence-electron chi connectivity index (χ1n) is 7.31. The molecule has 0 unspecified atom stereocenters. The number of aryl methyl sites for hydroxylation is 1. The summed E-state index contributed by atoms with van der Waals surface area (Å²) < 4.78 is 0. The Labute approximate surface area is 131 Å². The van der Waals surface area contributed by atoms with E-state index in [2.05, 4.69) is 34.4 Å². The zero-order chi connectivity index (χ0) is 15.1. The Morgan fingerprint density at radius 1 is 1.00 bits per heavy atom. The summed E-state index contributed by atoms with van der Waals surface area (Å²) in [5, 5.41) is 7.36. The van der Waals surface area contributed by atoms with E-state index in [1.165, 1.54) is 5.56 Å². The van der Waals surface area contributed by atoms with E-state index in [-0.39, 0.29) is 0 Å². The molecule has 5 heteroatoms. The van der Waals surface area contributed by atoms with E-state index < -0.39 is 0 Å². The van der Waals surface area contributed by atoms with Crippen LogP contribution < -0.4 is 10.6 Å². The summed E-state index contributed by atoms with van der Waals surface area (Å²) in [6.07, 6.45) is 1.75. The number of halogens is 1. The molecule has 0 aliphatic heterocycles. The Morgan fingerprint density at radius 3 is 2.29 bits per heavy atom. The first kappa shape index (κ1) is 15.6. The van der Waals surface area contributed by atoms with Gasteiger partial charge >= 0.3 is 0 Å². The van der Waals surface area contributed by atoms with Crippen molar-refractivity contribution in [2.45, 2.75) is 26.7 Å². The van der Waals surface area contributed by atoms with Crippen LogP contribution in [-0.2, 0) is 12.8 Å². The van der Waals surface area contributed by atoms with Crippen molar-refractivity contribution >= 4 is 23.2 Å². The van der Waals surface area contributed by atoms with Crippen LogP contribution in [0.1, 0.15) is 25.2 Å². The molecule has 1 aromatic carbocycles. The molecule has 0 aliphatic carbocycles. The van der Waals surface area contributed by atoms with Gasteiger partial charge in [-0.3, -0.25) is 0 Å². The minimum absolute atomic E-state index is 0.769. The molecule has 0 spiro atoms. The summed E-state index contributed by atoms with van der Waals surface area (Å²) >= 11 is 5.88. The summed E-state index contributed by atoms with van der Waals surface area (Å²) in [5.74, 6) is 2.59. The zero-order valence-electron chi connectivity index (χ0n) is 12.5. The SMILES string of the molecule is CCNc1cc(NCCc2ccc(Cl)cc2)nc(CC)n1. The molecule has 21 heavy (non-hydrogen) atoms. The van der Waals surface area contributed by atoms with Crippen LogP contribution in [0.25, 0.3) is 0 Å². The van der Waals surface area contributed by atoms with Gasteiger partial charge in [0.25, 0.3) is 0 Å². The van der Waals surface area contributed by atoms with Crippen molar-refractivity contribution in [2.75, 3.05) is 23.7 Å². The van der Waals surface area contributed by atoms with Gasteiger partial charge in [0, 0.05) is 30.6 Å². The van der Waals surface area contributed by atoms with Crippen molar-refractivity contribution in [1.29, 1.82) is 0 Å². The Morgan fingerprint density at radius 2 is 1.67 bits per heavy atom. The van der Waals surface area contributed by atoms with Crippen LogP contribution in [0.3, 0.4) is 0 Å². The molecule has 0 radical (unpaired) electrons. The number of hydrogen-bond donors (Lipinski definition) is 2. The minimum atomic E-state index is 0.769. The van der Waals surface area contributed by atoms with Crippen LogP contribution in [0, 0.1) is 0 Å². The standard InChI is InChI=1S/C16H21ClN4/c1-3-14-20-15(18-4-2)11-16(21-14)19-10-9-12-5-7-13(17)8-6-12/h5-8,11H,3-4,9-10H2,1-2H3,(H2,18,19,20,21). The van der Waals surface area contributed by atoms with E-state index in [1.54, 1.807) is 0 Å². The lowest BCUT2D eigenvalue weighted by molar-refractivity contribution is 0.922. The largest absolute Gasteiger partial charge is 0.370 e. The third-order valence-corrected chi connectivity index (χ3v) is 3.33. The van der Waals surface area contributed by atoms with Crippen LogP contribution in [0.15, 0.2) is 30.3 Å². The highest BCUT2D eigenvalue weighted by molar-refractivity contribution is 6.30. The second-order valence-corrected chi connectivity index (χ2v) is 5.18. The fourth-order valence-electron chi connectivity index (χ4n) is 2.00. The lowest BCUT2D eigenvalue weighted by atomic mass is 10.1. The first-order valence-corrected chi connectivity index (χ1v) is 7.69. The molecule has 1 aromatic heterocycles. The highest BCUT2D eigenvalue weighted by atomic mass is 35.5. The van der Waals surface area contributed by atoms with E-state index in [1.807, 2.05) is 30.3 Å². The van der Waals surface area contributed by atoms with Gasteiger partial charge in [0.1, 0.15) is 17.5 Å². The lowest BCUT2D eigenvalue weighted by Gasteiger charge is -2.10. The van der Waals surface area contributed by atoms with Gasteiger partial charge in [-0.15, -0.1) is 0 Å². The van der Waals surface area contributed by atoms with Crippen LogP contribution in [0.5, 0.6) is 0 Å². The van der Waals surface area contributed by atoms with E-state index in [9.17, 15) is 0 Å². The summed E-state index contributed by atoms with van der Waals surface area (Å²) in [6, 6.07) is 9.88. The molecule has 0 aliphatic rings. The first-order chi connectivity index (χ1) is 10.2. The van der Waals surface area contributed by atoms with Crippen molar-refractivity contribution in [3.63, 3.8) is 0 Å². The summed E-state index contributed by atoms with van der Waals surface area (Å²) in [4.78, 5) is 8.94. The third kappa shape index (κ3) is 4.90. The molecule has 0 fully saturated rings. The molecular weight excluding hydrogens is 284 g/mol. The highest BCUT2D eigenvalue weighted by Crippen LogP contribution is 2.13. The number of anilines is 2. The zero-order valence-corrected chi connectivity index (χ0v) is 13.2. The van der Waals surface area contributed by atoms with Crippen molar-refractivity contribution in [1.82, 2.24) is 9.97 Å².